The molecule has 1 aliphatic rings. The SMILES string of the molecule is CCC(O)CCNC(=O)C1CC1c1ccccc1C(F)(F)F. The maximum absolute atomic E-state index is 13.0. The van der Waals surface area contributed by atoms with Crippen LogP contribution in [0.5, 0.6) is 0 Å². The second kappa shape index (κ2) is 6.69. The summed E-state index contributed by atoms with van der Waals surface area (Å²) < 4.78 is 38.9. The standard InChI is InChI=1S/C16H20F3NO2/c1-2-10(21)7-8-20-15(22)13-9-12(13)11-5-3-4-6-14(11)16(17,18)19/h3-6,10,12-13,21H,2,7-9H2,1H3,(H,20,22). The number of amides is 1. The lowest BCUT2D eigenvalue weighted by Crippen LogP contribution is -2.28. The molecular formula is C16H20F3NO2. The quantitative estimate of drug-likeness (QED) is 0.847. The lowest BCUT2D eigenvalue weighted by Gasteiger charge is -2.12. The number of alkyl halides is 3. The highest BCUT2D eigenvalue weighted by atomic mass is 19.4. The van der Waals surface area contributed by atoms with Crippen LogP contribution in [0.4, 0.5) is 13.2 Å². The van der Waals surface area contributed by atoms with Crippen LogP contribution in [0.3, 0.4) is 0 Å². The highest BCUT2D eigenvalue weighted by Crippen LogP contribution is 2.50. The van der Waals surface area contributed by atoms with Gasteiger partial charge >= 0.3 is 6.18 Å². The van der Waals surface area contributed by atoms with Gasteiger partial charge in [-0.2, -0.15) is 13.2 Å². The van der Waals surface area contributed by atoms with E-state index in [9.17, 15) is 23.1 Å². The summed E-state index contributed by atoms with van der Waals surface area (Å²) in [5.74, 6) is -0.999. The van der Waals surface area contributed by atoms with Gasteiger partial charge in [-0.15, -0.1) is 0 Å². The number of aliphatic hydroxyl groups is 1. The van der Waals surface area contributed by atoms with Crippen LogP contribution in [0.25, 0.3) is 0 Å². The molecule has 3 unspecified atom stereocenters. The van der Waals surface area contributed by atoms with E-state index in [2.05, 4.69) is 5.32 Å². The van der Waals surface area contributed by atoms with Crippen molar-refractivity contribution in [3.63, 3.8) is 0 Å². The zero-order valence-electron chi connectivity index (χ0n) is 12.4. The molecular weight excluding hydrogens is 295 g/mol. The number of nitrogens with one attached hydrogen (secondary N) is 1. The van der Waals surface area contributed by atoms with Crippen LogP contribution in [-0.4, -0.2) is 23.7 Å². The molecule has 1 fully saturated rings. The maximum Gasteiger partial charge on any atom is 0.416 e. The molecule has 0 radical (unpaired) electrons. The minimum absolute atomic E-state index is 0.198. The van der Waals surface area contributed by atoms with E-state index in [1.165, 1.54) is 12.1 Å². The number of halogens is 3. The van der Waals surface area contributed by atoms with Gasteiger partial charge in [0.2, 0.25) is 5.91 Å². The first-order chi connectivity index (χ1) is 10.3. The van der Waals surface area contributed by atoms with E-state index >= 15 is 0 Å². The van der Waals surface area contributed by atoms with Gasteiger partial charge < -0.3 is 10.4 Å². The molecule has 0 spiro atoms. The predicted molar refractivity (Wildman–Crippen MR) is 76.2 cm³/mol. The molecule has 1 amide bonds. The largest absolute Gasteiger partial charge is 0.416 e. The Kier molecular flexibility index (Phi) is 5.11. The highest BCUT2D eigenvalue weighted by molar-refractivity contribution is 5.83. The molecule has 1 aliphatic carbocycles. The molecule has 1 aromatic carbocycles. The summed E-state index contributed by atoms with van der Waals surface area (Å²) in [6.45, 7) is 2.19. The molecule has 0 saturated heterocycles. The van der Waals surface area contributed by atoms with Gasteiger partial charge in [0.1, 0.15) is 0 Å². The third-order valence-electron chi connectivity index (χ3n) is 4.04. The Bertz CT molecular complexity index is 530. The van der Waals surface area contributed by atoms with Gasteiger partial charge in [0, 0.05) is 12.5 Å². The third-order valence-corrected chi connectivity index (χ3v) is 4.04. The van der Waals surface area contributed by atoms with Crippen molar-refractivity contribution >= 4 is 5.91 Å². The third kappa shape index (κ3) is 4.00. The Balaban J connectivity index is 1.94. The number of benzene rings is 1. The molecule has 3 atom stereocenters. The molecule has 3 nitrogen and oxygen atoms in total. The highest BCUT2D eigenvalue weighted by Gasteiger charge is 2.47. The van der Waals surface area contributed by atoms with Gasteiger partial charge in [-0.25, -0.2) is 0 Å². The van der Waals surface area contributed by atoms with Crippen molar-refractivity contribution in [2.24, 2.45) is 5.92 Å². The molecule has 0 aliphatic heterocycles. The summed E-state index contributed by atoms with van der Waals surface area (Å²) in [5.41, 5.74) is -0.458. The van der Waals surface area contributed by atoms with E-state index in [1.807, 2.05) is 6.92 Å². The lowest BCUT2D eigenvalue weighted by molar-refractivity contribution is -0.138. The van der Waals surface area contributed by atoms with Crippen LogP contribution < -0.4 is 5.32 Å². The van der Waals surface area contributed by atoms with E-state index < -0.39 is 23.8 Å². The average Bonchev–Trinajstić information content (AvgIpc) is 3.26. The minimum atomic E-state index is -4.40. The Labute approximate surface area is 127 Å². The molecule has 2 N–H and O–H groups in total. The van der Waals surface area contributed by atoms with Crippen molar-refractivity contribution in [3.8, 4) is 0 Å². The molecule has 2 rings (SSSR count). The van der Waals surface area contributed by atoms with Gasteiger partial charge in [-0.1, -0.05) is 25.1 Å². The van der Waals surface area contributed by atoms with Gasteiger partial charge in [0.25, 0.3) is 0 Å². The van der Waals surface area contributed by atoms with Crippen LogP contribution in [0.1, 0.15) is 43.2 Å². The van der Waals surface area contributed by atoms with Gasteiger partial charge in [-0.05, 0) is 36.8 Å². The summed E-state index contributed by atoms with van der Waals surface area (Å²) in [7, 11) is 0. The van der Waals surface area contributed by atoms with Crippen molar-refractivity contribution < 1.29 is 23.1 Å². The fourth-order valence-corrected chi connectivity index (χ4v) is 2.60. The molecule has 0 heterocycles. The minimum Gasteiger partial charge on any atom is -0.393 e. The van der Waals surface area contributed by atoms with Crippen molar-refractivity contribution in [3.05, 3.63) is 35.4 Å². The molecule has 6 heteroatoms. The molecule has 1 saturated carbocycles. The van der Waals surface area contributed by atoms with Crippen LogP contribution >= 0.6 is 0 Å². The van der Waals surface area contributed by atoms with E-state index in [4.69, 9.17) is 0 Å². The summed E-state index contributed by atoms with van der Waals surface area (Å²) in [5, 5.41) is 12.1. The van der Waals surface area contributed by atoms with E-state index in [0.29, 0.717) is 25.8 Å². The first kappa shape index (κ1) is 16.8. The zero-order valence-corrected chi connectivity index (χ0v) is 12.4. The van der Waals surface area contributed by atoms with Crippen LogP contribution in [0.2, 0.25) is 0 Å². The summed E-state index contributed by atoms with van der Waals surface area (Å²) in [4.78, 5) is 11.9. The zero-order chi connectivity index (χ0) is 16.3. The molecule has 22 heavy (non-hydrogen) atoms. The van der Waals surface area contributed by atoms with E-state index in [-0.39, 0.29) is 17.4 Å². The second-order valence-corrected chi connectivity index (χ2v) is 5.68. The van der Waals surface area contributed by atoms with Crippen molar-refractivity contribution in [2.45, 2.75) is 44.4 Å². The fourth-order valence-electron chi connectivity index (χ4n) is 2.60. The molecule has 1 aromatic rings. The summed E-state index contributed by atoms with van der Waals surface area (Å²) in [6, 6.07) is 5.42. The lowest BCUT2D eigenvalue weighted by atomic mass is 10.0. The molecule has 0 aromatic heterocycles. The summed E-state index contributed by atoms with van der Waals surface area (Å²) in [6.07, 6.45) is -3.35. The Morgan fingerprint density at radius 2 is 2.09 bits per heavy atom. The predicted octanol–water partition coefficient (Wildman–Crippen LogP) is 3.09. The smallest absolute Gasteiger partial charge is 0.393 e. The second-order valence-electron chi connectivity index (χ2n) is 5.68. The van der Waals surface area contributed by atoms with Crippen molar-refractivity contribution in [2.75, 3.05) is 6.54 Å². The van der Waals surface area contributed by atoms with Crippen LogP contribution in [0, 0.1) is 5.92 Å². The number of carbonyl (C=O) groups excluding carboxylic acids is 1. The molecule has 0 bridgehead atoms. The number of hydrogen-bond donors (Lipinski definition) is 2. The Hall–Kier alpha value is -1.56. The van der Waals surface area contributed by atoms with Crippen LogP contribution in [-0.2, 0) is 11.0 Å². The van der Waals surface area contributed by atoms with E-state index in [1.54, 1.807) is 6.07 Å². The van der Waals surface area contributed by atoms with Crippen molar-refractivity contribution in [1.82, 2.24) is 5.32 Å². The Morgan fingerprint density at radius 1 is 1.41 bits per heavy atom. The van der Waals surface area contributed by atoms with Gasteiger partial charge in [-0.3, -0.25) is 4.79 Å². The first-order valence-electron chi connectivity index (χ1n) is 7.46. The number of aliphatic hydroxyl groups excluding tert-OH is 1. The maximum atomic E-state index is 13.0. The molecule has 122 valence electrons. The average molecular weight is 315 g/mol. The number of carbonyl (C=O) groups is 1. The number of hydrogen-bond acceptors (Lipinski definition) is 2. The fraction of sp³-hybridized carbons (Fsp3) is 0.562. The first-order valence-corrected chi connectivity index (χ1v) is 7.46. The van der Waals surface area contributed by atoms with Gasteiger partial charge in [0.05, 0.1) is 11.7 Å². The normalized spacial score (nSPS) is 22.2. The number of rotatable bonds is 6. The van der Waals surface area contributed by atoms with Crippen molar-refractivity contribution in [1.29, 1.82) is 0 Å². The Morgan fingerprint density at radius 3 is 2.73 bits per heavy atom. The van der Waals surface area contributed by atoms with Crippen LogP contribution in [0.15, 0.2) is 24.3 Å². The summed E-state index contributed by atoms with van der Waals surface area (Å²) >= 11 is 0. The monoisotopic (exact) mass is 315 g/mol. The van der Waals surface area contributed by atoms with E-state index in [0.717, 1.165) is 6.07 Å². The topological polar surface area (TPSA) is 49.3 Å². The van der Waals surface area contributed by atoms with Gasteiger partial charge in [0.15, 0.2) is 0 Å².